The number of ether oxygens (including phenoxy) is 7. The highest BCUT2D eigenvalue weighted by Crippen LogP contribution is 2.39. The van der Waals surface area contributed by atoms with Crippen LogP contribution in [-0.2, 0) is 78.8 Å². The highest BCUT2D eigenvalue weighted by atomic mass is 35.5. The topological polar surface area (TPSA) is 578 Å². The number of halogens is 2. The predicted octanol–water partition coefficient (Wildman–Crippen LogP) is 15.1. The largest absolute Gasteiger partial charge is 0.462 e. The molecule has 51 heteroatoms. The minimum absolute atomic E-state index is 0. The number of nitrogens with zero attached hydrogens (tertiary/aromatic N) is 20. The van der Waals surface area contributed by atoms with E-state index in [0.29, 0.717) is 90.3 Å². The maximum absolute atomic E-state index is 13.2. The molecule has 11 rings (SSSR count). The molecule has 0 bridgehead atoms. The van der Waals surface area contributed by atoms with Crippen molar-refractivity contribution in [2.45, 2.75) is 265 Å². The van der Waals surface area contributed by atoms with Crippen LogP contribution in [0.5, 0.6) is 0 Å². The van der Waals surface area contributed by atoms with Crippen LogP contribution in [0.1, 0.15) is 250 Å². The van der Waals surface area contributed by atoms with E-state index in [2.05, 4.69) is 91.2 Å². The highest BCUT2D eigenvalue weighted by molar-refractivity contribution is 7.21. The molecule has 11 heterocycles. The molecule has 2 amide bonds. The summed E-state index contributed by atoms with van der Waals surface area (Å²) in [6.07, 6.45) is 20.6. The first kappa shape index (κ1) is 137. The smallest absolute Gasteiger partial charge is 0.387 e. The summed E-state index contributed by atoms with van der Waals surface area (Å²) in [5.74, 6) is -2.73. The minimum atomic E-state index is -1.48. The number of H-pyrrole nitrogens is 1. The highest BCUT2D eigenvalue weighted by Gasteiger charge is 2.39. The first-order chi connectivity index (χ1) is 61.3. The van der Waals surface area contributed by atoms with E-state index < -0.39 is 80.5 Å². The number of nitrogen functional groups attached to an aromatic ring is 1. The zero-order chi connectivity index (χ0) is 99.1. The molecular weight excluding hydrogens is 1930 g/mol. The lowest BCUT2D eigenvalue weighted by atomic mass is 9.89. The van der Waals surface area contributed by atoms with Gasteiger partial charge in [-0.25, -0.2) is 49.5 Å². The lowest BCUT2D eigenvalue weighted by Crippen LogP contribution is -2.52. The second-order valence-corrected chi connectivity index (χ2v) is 35.4. The van der Waals surface area contributed by atoms with E-state index in [9.17, 15) is 62.3 Å². The standard InChI is InChI=1S/C19H27N5O5S.C17H21N5O4S.C11H10N4O3S.C10H12N4O2S.C8H17NO2.C5H7N3O.C5H7NO2.C3H5ClO.C3H4N2.7CH4.ClH/c1-7-28-16(26)13-12(2)15(24-20-8-9-21-24)30-14(13)22-17(27)23-18(3,4)10-19(5,6)29-11-25;1-9-10-11(27-13(9)22-18-7-8-19-22)20-15(25)21(12(10)23)17(5,6)14(24)26-16(2,3)4;1-3-18-11(17)8-7(2)10(15-13-4-5-14-15)19-9(8)12-6-16;1-3-16-10(15)7-6(2)9(17-8(7)11)14-12-4-5-13-14;1-7(2,3)11-6(10)8(4,5)9;1-5(9)4-8-6-2-3-7-8;1-3-8-5(7)4-6-2;1-3(5)2-4;1-2-5-3-4-1;;;;;;;;/h8-9,11H,7,10H2,1-6H3,(H2,22,23,27);7-8H,1-6H3,(H,20,25);4-5H,3H2,1-2H3;4-5H,3,11H2,1-2H3;9H2,1-5H3;2-3H,4H2,1H3;3-4H2,1H3;2H2,1H3;1-2H,3H2;7*1H4;1H. The van der Waals surface area contributed by atoms with Gasteiger partial charge >= 0.3 is 54.1 Å². The molecule has 774 valence electrons. The lowest BCUT2D eigenvalue weighted by Gasteiger charge is -2.34. The normalized spacial score (nSPS) is 10.6. The number of nitrogens with one attached hydrogen (secondary N) is 3. The average molecular weight is 2070 g/mol. The van der Waals surface area contributed by atoms with Gasteiger partial charge in [-0.3, -0.25) is 44.3 Å². The van der Waals surface area contributed by atoms with E-state index >= 15 is 0 Å². The number of anilines is 2. The van der Waals surface area contributed by atoms with Crippen LogP contribution < -0.4 is 33.3 Å². The molecule has 45 nitrogen and oxygen atoms in total. The quantitative estimate of drug-likeness (QED) is 0.00675. The van der Waals surface area contributed by atoms with Crippen molar-refractivity contribution in [2.24, 2.45) is 20.7 Å². The molecule has 1 aliphatic rings. The Bertz CT molecular complexity index is 5710. The van der Waals surface area contributed by atoms with Crippen molar-refractivity contribution in [2.75, 3.05) is 56.6 Å². The van der Waals surface area contributed by atoms with Gasteiger partial charge in [-0.1, -0.05) is 97.3 Å². The van der Waals surface area contributed by atoms with E-state index in [1.807, 2.05) is 34.6 Å². The molecule has 139 heavy (non-hydrogen) atoms. The Labute approximate surface area is 838 Å². The van der Waals surface area contributed by atoms with Crippen LogP contribution in [0.25, 0.3) is 35.1 Å². The van der Waals surface area contributed by atoms with Crippen LogP contribution in [0.3, 0.4) is 0 Å². The van der Waals surface area contributed by atoms with Crippen LogP contribution in [0.2, 0.25) is 0 Å². The van der Waals surface area contributed by atoms with Crippen molar-refractivity contribution in [3.05, 3.63) is 133 Å². The molecular formula is C88H139Cl2N25O20S4. The zero-order valence-corrected chi connectivity index (χ0v) is 82.4. The van der Waals surface area contributed by atoms with Crippen LogP contribution in [0.4, 0.5) is 19.8 Å². The van der Waals surface area contributed by atoms with Gasteiger partial charge in [0.25, 0.3) is 12.0 Å². The Balaban J connectivity index is -0.000000374. The molecule has 0 fully saturated rings. The number of ketones is 2. The number of fused-ring (bicyclic) bond motifs is 1. The first-order valence-electron chi connectivity index (χ1n) is 39.6. The number of esters is 6. The molecule has 0 unspecified atom stereocenters. The average Bonchev–Trinajstić information content (AvgIpc) is 1.62. The monoisotopic (exact) mass is 2060 g/mol. The third kappa shape index (κ3) is 44.5. The number of aromatic amines is 1. The summed E-state index contributed by atoms with van der Waals surface area (Å²) in [5.41, 5.74) is 8.58. The molecule has 0 atom stereocenters. The summed E-state index contributed by atoms with van der Waals surface area (Å²) in [6, 6.07) is -0.506. The Hall–Kier alpha value is -13.1. The Morgan fingerprint density at radius 1 is 0.568 bits per heavy atom. The third-order valence-electron chi connectivity index (χ3n) is 15.6. The van der Waals surface area contributed by atoms with Crippen molar-refractivity contribution in [3.8, 4) is 20.0 Å². The second-order valence-electron chi connectivity index (χ2n) is 31.1. The van der Waals surface area contributed by atoms with Gasteiger partial charge in [0.1, 0.15) is 92.3 Å². The van der Waals surface area contributed by atoms with Gasteiger partial charge in [0, 0.05) is 46.6 Å². The van der Waals surface area contributed by atoms with Crippen molar-refractivity contribution in [3.63, 3.8) is 0 Å². The Morgan fingerprint density at radius 3 is 1.32 bits per heavy atom. The number of aromatic nitrogens is 17. The molecule has 0 saturated heterocycles. The van der Waals surface area contributed by atoms with E-state index in [1.165, 1.54) is 129 Å². The number of hydrogen-bond acceptors (Lipinski definition) is 39. The van der Waals surface area contributed by atoms with E-state index in [1.54, 1.807) is 141 Å². The fourth-order valence-corrected chi connectivity index (χ4v) is 14.7. The van der Waals surface area contributed by atoms with Crippen LogP contribution in [-0.4, -0.2) is 236 Å². The van der Waals surface area contributed by atoms with Crippen LogP contribution in [0.15, 0.2) is 86.5 Å². The summed E-state index contributed by atoms with van der Waals surface area (Å²) in [5, 5.41) is 49.3. The van der Waals surface area contributed by atoms with Crippen molar-refractivity contribution in [1.29, 1.82) is 0 Å². The van der Waals surface area contributed by atoms with Gasteiger partial charge in [0.15, 0.2) is 5.78 Å². The first-order valence-corrected chi connectivity index (χ1v) is 43.4. The van der Waals surface area contributed by atoms with Crippen LogP contribution >= 0.6 is 69.4 Å². The zero-order valence-electron chi connectivity index (χ0n) is 77.6. The molecule has 0 spiro atoms. The molecule has 0 radical (unpaired) electrons. The number of carbonyl (C=O) groups excluding carboxylic acids is 11. The second kappa shape index (κ2) is 64.1. The third-order valence-corrected chi connectivity index (χ3v) is 20.6. The summed E-state index contributed by atoms with van der Waals surface area (Å²) < 4.78 is 35.9. The molecule has 10 aromatic rings. The number of aliphatic imine (C=N–C) groups is 3. The number of urea groups is 1. The number of nitrogens with two attached hydrogens (primary N) is 2. The van der Waals surface area contributed by atoms with E-state index in [4.69, 9.17) is 58.1 Å². The lowest BCUT2D eigenvalue weighted by molar-refractivity contribution is -0.164. The number of alkyl halides is 1. The number of carbonyl (C=O) groups is 10. The number of amides is 2. The number of Topliss-reactive ketones (excluding diaryl/α,β-unsaturated/α-hetero) is 2. The molecule has 10 aromatic heterocycles. The van der Waals surface area contributed by atoms with Gasteiger partial charge in [0.05, 0.1) is 111 Å². The number of isocyanates is 1. The van der Waals surface area contributed by atoms with Crippen molar-refractivity contribution in [1.82, 2.24) is 89.8 Å². The van der Waals surface area contributed by atoms with Crippen LogP contribution in [0, 0.1) is 34.3 Å². The number of aryl methyl sites for hydroxylation is 1. The fourth-order valence-electron chi connectivity index (χ4n) is 10.5. The van der Waals surface area contributed by atoms with Gasteiger partial charge in [0.2, 0.25) is 6.08 Å². The van der Waals surface area contributed by atoms with Crippen molar-refractivity contribution < 1.29 is 85.9 Å². The molecule has 0 aromatic carbocycles. The number of hydrogen-bond donors (Lipinski definition) is 5. The molecule has 0 aliphatic carbocycles. The van der Waals surface area contributed by atoms with Gasteiger partial charge < -0.3 is 54.8 Å². The Kier molecular flexibility index (Phi) is 63.0. The predicted molar refractivity (Wildman–Crippen MR) is 546 cm³/mol. The number of thiophene rings is 4. The van der Waals surface area contributed by atoms with E-state index in [0.717, 1.165) is 26.5 Å². The van der Waals surface area contributed by atoms with Gasteiger partial charge in [-0.15, -0.1) is 43.2 Å². The summed E-state index contributed by atoms with van der Waals surface area (Å²) in [6.45, 7) is 49.4. The maximum atomic E-state index is 13.2. The maximum Gasteiger partial charge on any atom is 0.387 e. The van der Waals surface area contributed by atoms with E-state index in [-0.39, 0.29) is 130 Å². The SMILES string of the molecule is C.C.C.C.C.C.C.C1=NCN=C1.CC(=O)CCl.CC(=O)Cn1nccn1.CC(C)(C)OC(=O)C(C)(C)N.CCOC(=O)c1c(N)sc(-n2nccn2)c1C.CCOC(=O)c1c(N=C=O)sc(-n2nccn2)c1C.CCOC(=O)c1c(NC(=O)NC(C)(C)CC(C)(C)OC=O)sc(-n2nccn2)c1C.Cc1c(-n2nccn2)sc2[nH]c(=O)n(C(C)(C)C(=O)OC(C)(C)C)c(=O)c12.Cl.[C-]#[N+]CC(=O)OCC. The van der Waals surface area contributed by atoms with Crippen molar-refractivity contribution >= 4 is 173 Å². The summed E-state index contributed by atoms with van der Waals surface area (Å²) in [7, 11) is 0. The minimum Gasteiger partial charge on any atom is -0.462 e. The molecule has 1 aliphatic heterocycles. The Morgan fingerprint density at radius 2 is 0.950 bits per heavy atom. The summed E-state index contributed by atoms with van der Waals surface area (Å²) >= 11 is 9.75. The van der Waals surface area contributed by atoms with Gasteiger partial charge in [-0.05, 0) is 166 Å². The van der Waals surface area contributed by atoms with Gasteiger partial charge in [-0.2, -0.15) is 60.8 Å². The molecule has 7 N–H and O–H groups in total. The number of rotatable bonds is 25. The fraction of sp³-hybridized carbons (Fsp3) is 0.523. The summed E-state index contributed by atoms with van der Waals surface area (Å²) in [4.78, 5) is 174. The molecule has 0 saturated carbocycles.